The number of anilines is 2. The predicted molar refractivity (Wildman–Crippen MR) is 302 cm³/mol. The van der Waals surface area contributed by atoms with Crippen LogP contribution < -0.4 is 81.3 Å². The fourth-order valence-electron chi connectivity index (χ4n) is 7.64. The molecule has 73 heavy (non-hydrogen) atoms. The maximum atomic E-state index is 9.08. The first-order valence-corrected chi connectivity index (χ1v) is 24.4. The molecule has 0 spiro atoms. The van der Waals surface area contributed by atoms with Crippen molar-refractivity contribution in [2.24, 2.45) is 0 Å². The molecule has 1 aliphatic rings. The standard InChI is InChI=1S/C17H14N2.C15H14N2.C13H16BNO2.C8H10IN.C3H5Cl.CH2O3.2Na.H/c1-11-9-15-13-5-3-4-6-14(13)17-18-7-8-19(17)16(15)10-12(11)2;1-9-7-13-11-5-3-4-6-12(11)15(16)17-14(13)8-10(9)2;1-12(2)13(3,4)17-14(16-12)11-8-6-5-7-10(11)9-15;1-5-3-7(9)8(10)4-6(5)2;1-2-3-4;2-1-4-3;;;/h3-10H,1-2H3;3-8H,1-2H3,(H2,16,17);5-8H,1-4H3;3-4H,10H2,1-2H3;2H,1,3H2;1,3H;;;/q;;;;;;2*+1;-1/p-1. The van der Waals surface area contributed by atoms with Crippen LogP contribution in [0.3, 0.4) is 0 Å². The van der Waals surface area contributed by atoms with E-state index in [4.69, 9.17) is 47.7 Å². The Morgan fingerprint density at radius 2 is 1.23 bits per heavy atom. The van der Waals surface area contributed by atoms with Crippen molar-refractivity contribution in [1.29, 1.82) is 5.26 Å². The van der Waals surface area contributed by atoms with Crippen molar-refractivity contribution in [2.45, 2.75) is 80.4 Å². The van der Waals surface area contributed by atoms with Crippen molar-refractivity contribution in [3.8, 4) is 6.07 Å². The molecule has 4 heterocycles. The van der Waals surface area contributed by atoms with Crippen LogP contribution in [0.4, 0.5) is 11.5 Å². The van der Waals surface area contributed by atoms with Crippen LogP contribution in [-0.4, -0.2) is 45.0 Å². The number of aryl methyl sites for hydroxylation is 6. The third-order valence-electron chi connectivity index (χ3n) is 12.7. The summed E-state index contributed by atoms with van der Waals surface area (Å²) in [5, 5.41) is 24.7. The van der Waals surface area contributed by atoms with Gasteiger partial charge >= 0.3 is 66.2 Å². The van der Waals surface area contributed by atoms with E-state index in [0.29, 0.717) is 17.3 Å². The number of allylic oxidation sites excluding steroid dienone is 1. The van der Waals surface area contributed by atoms with E-state index < -0.39 is 7.12 Å². The Bertz CT molecular complexity index is 3340. The number of hydrogen-bond acceptors (Lipinski definition) is 10. The summed E-state index contributed by atoms with van der Waals surface area (Å²) >= 11 is 7.31. The first kappa shape index (κ1) is 62.8. The summed E-state index contributed by atoms with van der Waals surface area (Å²) in [4.78, 5) is 20.2. The van der Waals surface area contributed by atoms with Gasteiger partial charge in [0.2, 0.25) is 0 Å². The van der Waals surface area contributed by atoms with Crippen molar-refractivity contribution in [3.05, 3.63) is 177 Å². The average Bonchev–Trinajstić information content (AvgIpc) is 3.94. The number of nitrogens with two attached hydrogens (primary N) is 2. The van der Waals surface area contributed by atoms with E-state index in [1.807, 2.05) is 82.6 Å². The number of nitrogen functional groups attached to an aromatic ring is 2. The zero-order valence-corrected chi connectivity index (χ0v) is 50.8. The number of carbonyl (C=O) groups excluding carboxylic acids is 1. The largest absolute Gasteiger partial charge is 1.00 e. The van der Waals surface area contributed by atoms with Crippen LogP contribution >= 0.6 is 34.2 Å². The summed E-state index contributed by atoms with van der Waals surface area (Å²) < 4.78 is 15.2. The number of pyridine rings is 2. The van der Waals surface area contributed by atoms with E-state index in [2.05, 4.69) is 157 Å². The Hall–Kier alpha value is -4.54. The summed E-state index contributed by atoms with van der Waals surface area (Å²) in [6, 6.07) is 39.2. The fraction of sp³-hybridized carbons (Fsp3) is 0.228. The van der Waals surface area contributed by atoms with Crippen LogP contribution in [0.1, 0.15) is 68.1 Å². The first-order chi connectivity index (χ1) is 33.7. The maximum Gasteiger partial charge on any atom is 1.00 e. The molecule has 0 radical (unpaired) electrons. The molecule has 1 saturated heterocycles. The SMILES string of the molecule is C=CCCl.CC1(C)OB(c2ccccc2C#N)OC1(C)C.Cc1cc(N)c(I)cc1C.Cc1cc2c3ccccc3c3nccn3c2cc1C.Cc1cc2nc(N)c3ccccc3c2cc1C.O=CO[O-].[H-].[Na+].[Na+]. The minimum atomic E-state index is -0.462. The number of rotatable bonds is 3. The molecule has 0 unspecified atom stereocenters. The summed E-state index contributed by atoms with van der Waals surface area (Å²) in [7, 11) is -0.462. The van der Waals surface area contributed by atoms with Gasteiger partial charge in [-0.15, -0.1) is 18.2 Å². The Labute approximate surface area is 493 Å². The number of imidazole rings is 1. The molecule has 4 N–H and O–H groups in total. The van der Waals surface area contributed by atoms with Crippen LogP contribution in [0.25, 0.3) is 49.0 Å². The van der Waals surface area contributed by atoms with Crippen LogP contribution in [0, 0.1) is 56.4 Å². The minimum absolute atomic E-state index is 0. The molecule has 1 fully saturated rings. The van der Waals surface area contributed by atoms with Crippen LogP contribution in [0.2, 0.25) is 0 Å². The second kappa shape index (κ2) is 28.4. The van der Waals surface area contributed by atoms with Gasteiger partial charge in [0.15, 0.2) is 0 Å². The summed E-state index contributed by atoms with van der Waals surface area (Å²) in [5.41, 5.74) is 24.2. The van der Waals surface area contributed by atoms with Gasteiger partial charge in [0.25, 0.3) is 6.47 Å². The second-order valence-electron chi connectivity index (χ2n) is 18.0. The third-order valence-corrected chi connectivity index (χ3v) is 13.8. The zero-order chi connectivity index (χ0) is 52.2. The van der Waals surface area contributed by atoms with Crippen LogP contribution in [0.5, 0.6) is 0 Å². The summed E-state index contributed by atoms with van der Waals surface area (Å²) in [5.74, 6) is 1.16. The van der Waals surface area contributed by atoms with Gasteiger partial charge < -0.3 is 32.3 Å². The number of alkyl halides is 1. The molecule has 11 nitrogen and oxygen atoms in total. The van der Waals surface area contributed by atoms with E-state index in [0.717, 1.165) is 31.3 Å². The molecule has 9 aromatic rings. The molecule has 368 valence electrons. The molecular weight excluding hydrogens is 1070 g/mol. The number of carbonyl (C=O) groups is 1. The van der Waals surface area contributed by atoms with Gasteiger partial charge in [-0.05, 0) is 178 Å². The minimum Gasteiger partial charge on any atom is -1.00 e. The van der Waals surface area contributed by atoms with E-state index in [1.54, 1.807) is 12.1 Å². The van der Waals surface area contributed by atoms with Gasteiger partial charge in [-0.3, -0.25) is 9.20 Å². The Balaban J connectivity index is 0.000000323. The average molecular weight is 1130 g/mol. The molecule has 10 rings (SSSR count). The third kappa shape index (κ3) is 15.3. The van der Waals surface area contributed by atoms with Crippen molar-refractivity contribution in [3.63, 3.8) is 0 Å². The van der Waals surface area contributed by atoms with Crippen molar-refractivity contribution >= 4 is 114 Å². The van der Waals surface area contributed by atoms with Gasteiger partial charge in [0.05, 0.1) is 33.9 Å². The normalized spacial score (nSPS) is 12.6. The van der Waals surface area contributed by atoms with Gasteiger partial charge in [-0.1, -0.05) is 72.8 Å². The van der Waals surface area contributed by atoms with Gasteiger partial charge in [-0.25, -0.2) is 9.97 Å². The van der Waals surface area contributed by atoms with Crippen LogP contribution in [-0.2, 0) is 19.0 Å². The smallest absolute Gasteiger partial charge is 1.00 e. The molecule has 0 atom stereocenters. The van der Waals surface area contributed by atoms with E-state index in [9.17, 15) is 0 Å². The molecule has 16 heteroatoms. The quantitative estimate of drug-likeness (QED) is 0.0240. The van der Waals surface area contributed by atoms with Crippen molar-refractivity contribution in [2.75, 3.05) is 17.3 Å². The molecule has 0 amide bonds. The monoisotopic (exact) mass is 1130 g/mol. The molecule has 0 aliphatic carbocycles. The number of nitriles is 1. The summed E-state index contributed by atoms with van der Waals surface area (Å²) in [6.07, 6.45) is 5.55. The molecule has 3 aromatic heterocycles. The fourth-order valence-corrected chi connectivity index (χ4v) is 8.27. The molecule has 0 saturated carbocycles. The molecular formula is C57H61BClIN6Na2O5. The van der Waals surface area contributed by atoms with Gasteiger partial charge in [-0.2, -0.15) is 5.26 Å². The number of benzene rings is 6. The van der Waals surface area contributed by atoms with E-state index >= 15 is 0 Å². The van der Waals surface area contributed by atoms with E-state index in [-0.39, 0.29) is 78.2 Å². The van der Waals surface area contributed by atoms with Gasteiger partial charge in [0.1, 0.15) is 11.5 Å². The van der Waals surface area contributed by atoms with Crippen LogP contribution in [0.15, 0.2) is 134 Å². The number of aromatic nitrogens is 3. The van der Waals surface area contributed by atoms with Crippen molar-refractivity contribution in [1.82, 2.24) is 14.4 Å². The zero-order valence-electron chi connectivity index (χ0n) is 44.9. The number of nitrogens with zero attached hydrogens (tertiary/aromatic N) is 4. The Morgan fingerprint density at radius 3 is 1.78 bits per heavy atom. The second-order valence-corrected chi connectivity index (χ2v) is 19.5. The first-order valence-electron chi connectivity index (χ1n) is 22.8. The molecule has 1 aliphatic heterocycles. The number of halogens is 2. The maximum absolute atomic E-state index is 9.08. The Kier molecular flexibility index (Phi) is 24.4. The topological polar surface area (TPSA) is 174 Å². The predicted octanol–water partition coefficient (Wildman–Crippen LogP) is 6.16. The molecule has 0 bridgehead atoms. The Morgan fingerprint density at radius 1 is 0.767 bits per heavy atom. The van der Waals surface area contributed by atoms with Gasteiger partial charge in [0, 0.05) is 54.5 Å². The number of hydrogen-bond donors (Lipinski definition) is 2. The van der Waals surface area contributed by atoms with E-state index in [1.165, 1.54) is 65.8 Å². The molecule has 6 aromatic carbocycles. The number of fused-ring (bicyclic) bond motifs is 9. The summed E-state index contributed by atoms with van der Waals surface area (Å²) in [6.45, 7) is 23.9. The van der Waals surface area contributed by atoms with Crippen molar-refractivity contribution < 1.29 is 84.8 Å².